The van der Waals surface area contributed by atoms with E-state index in [2.05, 4.69) is 10.6 Å². The van der Waals surface area contributed by atoms with Crippen molar-refractivity contribution < 1.29 is 9.18 Å². The maximum absolute atomic E-state index is 13.2. The van der Waals surface area contributed by atoms with E-state index in [0.717, 1.165) is 18.4 Å². The number of benzene rings is 1. The van der Waals surface area contributed by atoms with Gasteiger partial charge in [0.05, 0.1) is 5.41 Å². The van der Waals surface area contributed by atoms with Crippen molar-refractivity contribution in [2.75, 3.05) is 13.6 Å². The van der Waals surface area contributed by atoms with Crippen LogP contribution < -0.4 is 10.6 Å². The van der Waals surface area contributed by atoms with Crippen molar-refractivity contribution in [2.24, 2.45) is 5.41 Å². The first-order valence-electron chi connectivity index (χ1n) is 7.13. The standard InChI is InChI=1S/C16H23FN2O/c1-16(2,15(20)18-3)10-19-14-8-12(9-14)11-5-4-6-13(17)7-11/h4-7,12,14,19H,8-10H2,1-3H3,(H,18,20). The van der Waals surface area contributed by atoms with E-state index in [9.17, 15) is 9.18 Å². The largest absolute Gasteiger partial charge is 0.359 e. The predicted octanol–water partition coefficient (Wildman–Crippen LogP) is 2.43. The fourth-order valence-corrected chi connectivity index (χ4v) is 2.64. The van der Waals surface area contributed by atoms with Gasteiger partial charge in [-0.3, -0.25) is 4.79 Å². The molecule has 0 saturated heterocycles. The van der Waals surface area contributed by atoms with Gasteiger partial charge in [-0.2, -0.15) is 0 Å². The van der Waals surface area contributed by atoms with Crippen LogP contribution in [0.25, 0.3) is 0 Å². The number of hydrogen-bond donors (Lipinski definition) is 2. The molecule has 0 aliphatic heterocycles. The van der Waals surface area contributed by atoms with Gasteiger partial charge in [-0.15, -0.1) is 0 Å². The maximum Gasteiger partial charge on any atom is 0.226 e. The van der Waals surface area contributed by atoms with Gasteiger partial charge in [0.1, 0.15) is 5.82 Å². The molecule has 20 heavy (non-hydrogen) atoms. The van der Waals surface area contributed by atoms with Gasteiger partial charge in [0.15, 0.2) is 0 Å². The Morgan fingerprint density at radius 1 is 1.40 bits per heavy atom. The second-order valence-electron chi connectivity index (χ2n) is 6.26. The van der Waals surface area contributed by atoms with Crippen LogP contribution in [0, 0.1) is 11.2 Å². The van der Waals surface area contributed by atoms with Crippen molar-refractivity contribution in [3.05, 3.63) is 35.6 Å². The van der Waals surface area contributed by atoms with Crippen LogP contribution in [-0.2, 0) is 4.79 Å². The number of halogens is 1. The van der Waals surface area contributed by atoms with E-state index in [1.54, 1.807) is 19.2 Å². The highest BCUT2D eigenvalue weighted by molar-refractivity contribution is 5.81. The van der Waals surface area contributed by atoms with Gasteiger partial charge in [-0.1, -0.05) is 12.1 Å². The molecule has 0 aromatic heterocycles. The van der Waals surface area contributed by atoms with Crippen LogP contribution in [0.3, 0.4) is 0 Å². The summed E-state index contributed by atoms with van der Waals surface area (Å²) >= 11 is 0. The highest BCUT2D eigenvalue weighted by Gasteiger charge is 2.33. The van der Waals surface area contributed by atoms with E-state index in [4.69, 9.17) is 0 Å². The lowest BCUT2D eigenvalue weighted by Crippen LogP contribution is -2.48. The summed E-state index contributed by atoms with van der Waals surface area (Å²) in [6.45, 7) is 4.52. The summed E-state index contributed by atoms with van der Waals surface area (Å²) in [6, 6.07) is 7.27. The Hall–Kier alpha value is -1.42. The van der Waals surface area contributed by atoms with Gasteiger partial charge < -0.3 is 10.6 Å². The summed E-state index contributed by atoms with van der Waals surface area (Å²) in [6.07, 6.45) is 2.01. The zero-order chi connectivity index (χ0) is 14.8. The van der Waals surface area contributed by atoms with Gasteiger partial charge in [0, 0.05) is 19.6 Å². The second kappa shape index (κ2) is 5.92. The lowest BCUT2D eigenvalue weighted by Gasteiger charge is -2.38. The van der Waals surface area contributed by atoms with Gasteiger partial charge in [0.25, 0.3) is 0 Å². The lowest BCUT2D eigenvalue weighted by atomic mass is 9.75. The predicted molar refractivity (Wildman–Crippen MR) is 78.0 cm³/mol. The average Bonchev–Trinajstić information content (AvgIpc) is 2.35. The van der Waals surface area contributed by atoms with Crippen molar-refractivity contribution >= 4 is 5.91 Å². The first-order chi connectivity index (χ1) is 9.42. The van der Waals surface area contributed by atoms with E-state index in [1.807, 2.05) is 19.9 Å². The van der Waals surface area contributed by atoms with E-state index < -0.39 is 5.41 Å². The van der Waals surface area contributed by atoms with Crippen LogP contribution in [0.1, 0.15) is 38.2 Å². The smallest absolute Gasteiger partial charge is 0.226 e. The van der Waals surface area contributed by atoms with Gasteiger partial charge in [0.2, 0.25) is 5.91 Å². The number of carbonyl (C=O) groups excluding carboxylic acids is 1. The minimum atomic E-state index is -0.404. The molecule has 4 heteroatoms. The molecule has 0 atom stereocenters. The Kier molecular flexibility index (Phi) is 4.43. The van der Waals surface area contributed by atoms with Crippen LogP contribution in [0.5, 0.6) is 0 Å². The van der Waals surface area contributed by atoms with Crippen molar-refractivity contribution in [1.82, 2.24) is 10.6 Å². The summed E-state index contributed by atoms with van der Waals surface area (Å²) < 4.78 is 13.2. The van der Waals surface area contributed by atoms with Crippen molar-refractivity contribution in [2.45, 2.75) is 38.6 Å². The molecule has 0 radical (unpaired) electrons. The second-order valence-corrected chi connectivity index (χ2v) is 6.26. The molecule has 1 amide bonds. The monoisotopic (exact) mass is 278 g/mol. The highest BCUT2D eigenvalue weighted by Crippen LogP contribution is 2.37. The Morgan fingerprint density at radius 2 is 2.10 bits per heavy atom. The number of rotatable bonds is 5. The van der Waals surface area contributed by atoms with Gasteiger partial charge in [-0.25, -0.2) is 4.39 Å². The van der Waals surface area contributed by atoms with Crippen LogP contribution in [0.15, 0.2) is 24.3 Å². The molecule has 1 aromatic carbocycles. The SMILES string of the molecule is CNC(=O)C(C)(C)CNC1CC(c2cccc(F)c2)C1. The molecule has 0 bridgehead atoms. The first-order valence-corrected chi connectivity index (χ1v) is 7.13. The topological polar surface area (TPSA) is 41.1 Å². The first kappa shape index (κ1) is 15.0. The molecule has 110 valence electrons. The maximum atomic E-state index is 13.2. The fourth-order valence-electron chi connectivity index (χ4n) is 2.64. The molecule has 3 nitrogen and oxygen atoms in total. The Bertz CT molecular complexity index is 481. The minimum Gasteiger partial charge on any atom is -0.359 e. The molecule has 0 heterocycles. The van der Waals surface area contributed by atoms with Gasteiger partial charge in [-0.05, 0) is 50.3 Å². The van der Waals surface area contributed by atoms with Crippen LogP contribution in [-0.4, -0.2) is 25.5 Å². The van der Waals surface area contributed by atoms with Crippen LogP contribution >= 0.6 is 0 Å². The number of nitrogens with one attached hydrogen (secondary N) is 2. The van der Waals surface area contributed by atoms with Crippen LogP contribution in [0.2, 0.25) is 0 Å². The Labute approximate surface area is 120 Å². The summed E-state index contributed by atoms with van der Waals surface area (Å²) in [4.78, 5) is 11.7. The summed E-state index contributed by atoms with van der Waals surface area (Å²) in [7, 11) is 1.66. The van der Waals surface area contributed by atoms with E-state index >= 15 is 0 Å². The molecular formula is C16H23FN2O. The quantitative estimate of drug-likeness (QED) is 0.868. The molecule has 1 saturated carbocycles. The van der Waals surface area contributed by atoms with Crippen molar-refractivity contribution in [1.29, 1.82) is 0 Å². The molecular weight excluding hydrogens is 255 g/mol. The Morgan fingerprint density at radius 3 is 2.70 bits per heavy atom. The molecule has 1 aliphatic carbocycles. The molecule has 0 unspecified atom stereocenters. The third-order valence-electron chi connectivity index (χ3n) is 4.13. The number of hydrogen-bond acceptors (Lipinski definition) is 2. The zero-order valence-corrected chi connectivity index (χ0v) is 12.4. The summed E-state index contributed by atoms with van der Waals surface area (Å²) in [5, 5.41) is 6.12. The van der Waals surface area contributed by atoms with Gasteiger partial charge >= 0.3 is 0 Å². The summed E-state index contributed by atoms with van der Waals surface area (Å²) in [5.41, 5.74) is 0.673. The normalized spacial score (nSPS) is 22.2. The fraction of sp³-hybridized carbons (Fsp3) is 0.562. The highest BCUT2D eigenvalue weighted by atomic mass is 19.1. The number of carbonyl (C=O) groups is 1. The third kappa shape index (κ3) is 3.37. The average molecular weight is 278 g/mol. The minimum absolute atomic E-state index is 0.0472. The van der Waals surface area contributed by atoms with Crippen molar-refractivity contribution in [3.8, 4) is 0 Å². The molecule has 2 rings (SSSR count). The van der Waals surface area contributed by atoms with Crippen LogP contribution in [0.4, 0.5) is 4.39 Å². The molecule has 1 fully saturated rings. The van der Waals surface area contributed by atoms with E-state index in [-0.39, 0.29) is 11.7 Å². The Balaban J connectivity index is 1.79. The lowest BCUT2D eigenvalue weighted by molar-refractivity contribution is -0.128. The van der Waals surface area contributed by atoms with E-state index in [0.29, 0.717) is 18.5 Å². The molecule has 0 spiro atoms. The number of amides is 1. The molecule has 1 aliphatic rings. The summed E-state index contributed by atoms with van der Waals surface area (Å²) in [5.74, 6) is 0.317. The van der Waals surface area contributed by atoms with E-state index in [1.165, 1.54) is 6.07 Å². The van der Waals surface area contributed by atoms with Crippen molar-refractivity contribution in [3.63, 3.8) is 0 Å². The third-order valence-corrected chi connectivity index (χ3v) is 4.13. The zero-order valence-electron chi connectivity index (χ0n) is 12.4. The molecule has 2 N–H and O–H groups in total. The molecule has 1 aromatic rings.